The van der Waals surface area contributed by atoms with Crippen LogP contribution in [0.3, 0.4) is 0 Å². The van der Waals surface area contributed by atoms with Gasteiger partial charge in [-0.15, -0.1) is 0 Å². The Balaban J connectivity index is 2.29. The number of aliphatic hydroxyl groups is 1. The first kappa shape index (κ1) is 12.5. The van der Waals surface area contributed by atoms with E-state index in [1.54, 1.807) is 0 Å². The predicted molar refractivity (Wildman–Crippen MR) is 64.1 cm³/mol. The molecule has 0 aliphatic rings. The van der Waals surface area contributed by atoms with Crippen molar-refractivity contribution in [2.75, 3.05) is 6.54 Å². The highest BCUT2D eigenvalue weighted by Crippen LogP contribution is 2.14. The van der Waals surface area contributed by atoms with Gasteiger partial charge in [-0.2, -0.15) is 0 Å². The molecular weight excluding hydrogens is 210 g/mol. The number of hydrogen-bond acceptors (Lipinski definition) is 2. The van der Waals surface area contributed by atoms with Crippen molar-refractivity contribution in [1.29, 1.82) is 0 Å². The molecule has 0 saturated heterocycles. The van der Waals surface area contributed by atoms with Gasteiger partial charge < -0.3 is 10.4 Å². The Hall–Kier alpha value is -0.570. The summed E-state index contributed by atoms with van der Waals surface area (Å²) in [6.45, 7) is 3.40. The smallest absolute Gasteiger partial charge is 0.0664 e. The average Bonchev–Trinajstić information content (AvgIpc) is 2.21. The lowest BCUT2D eigenvalue weighted by Gasteiger charge is -2.11. The van der Waals surface area contributed by atoms with Crippen LogP contribution in [-0.4, -0.2) is 17.8 Å². The molecule has 1 unspecified atom stereocenters. The molecule has 2 nitrogen and oxygen atoms in total. The summed E-state index contributed by atoms with van der Waals surface area (Å²) >= 11 is 6.00. The van der Waals surface area contributed by atoms with E-state index in [0.717, 1.165) is 23.4 Å². The van der Waals surface area contributed by atoms with E-state index in [0.29, 0.717) is 13.1 Å². The fourth-order valence-electron chi connectivity index (χ4n) is 1.45. The Morgan fingerprint density at radius 1 is 1.40 bits per heavy atom. The van der Waals surface area contributed by atoms with E-state index in [1.807, 2.05) is 24.3 Å². The van der Waals surface area contributed by atoms with Crippen LogP contribution in [0.15, 0.2) is 24.3 Å². The van der Waals surface area contributed by atoms with Gasteiger partial charge in [0, 0.05) is 18.1 Å². The molecule has 1 rings (SSSR count). The van der Waals surface area contributed by atoms with E-state index in [9.17, 15) is 5.11 Å². The number of benzene rings is 1. The van der Waals surface area contributed by atoms with E-state index in [4.69, 9.17) is 11.6 Å². The largest absolute Gasteiger partial charge is 0.392 e. The van der Waals surface area contributed by atoms with Crippen LogP contribution in [0.5, 0.6) is 0 Å². The molecule has 0 aliphatic heterocycles. The SMILES string of the molecule is CCCC(O)CNCc1ccccc1Cl. The van der Waals surface area contributed by atoms with Gasteiger partial charge in [0.25, 0.3) is 0 Å². The molecule has 0 amide bonds. The second-order valence-electron chi connectivity index (χ2n) is 3.66. The molecule has 0 saturated carbocycles. The maximum absolute atomic E-state index is 9.50. The Kier molecular flexibility index (Phi) is 5.69. The number of halogens is 1. The topological polar surface area (TPSA) is 32.3 Å². The molecule has 0 heterocycles. The van der Waals surface area contributed by atoms with E-state index >= 15 is 0 Å². The minimum absolute atomic E-state index is 0.252. The molecular formula is C12H18ClNO. The molecule has 3 heteroatoms. The molecule has 2 N–H and O–H groups in total. The summed E-state index contributed by atoms with van der Waals surface area (Å²) in [5, 5.41) is 13.5. The van der Waals surface area contributed by atoms with Crippen molar-refractivity contribution < 1.29 is 5.11 Å². The van der Waals surface area contributed by atoms with Gasteiger partial charge >= 0.3 is 0 Å². The monoisotopic (exact) mass is 227 g/mol. The third-order valence-electron chi connectivity index (χ3n) is 2.28. The molecule has 15 heavy (non-hydrogen) atoms. The maximum atomic E-state index is 9.50. The second-order valence-corrected chi connectivity index (χ2v) is 4.07. The van der Waals surface area contributed by atoms with Crippen molar-refractivity contribution in [3.63, 3.8) is 0 Å². The van der Waals surface area contributed by atoms with Crippen LogP contribution in [-0.2, 0) is 6.54 Å². The van der Waals surface area contributed by atoms with E-state index in [1.165, 1.54) is 0 Å². The lowest BCUT2D eigenvalue weighted by Crippen LogP contribution is -2.26. The van der Waals surface area contributed by atoms with Crippen LogP contribution in [0.4, 0.5) is 0 Å². The minimum Gasteiger partial charge on any atom is -0.392 e. The Morgan fingerprint density at radius 2 is 2.13 bits per heavy atom. The average molecular weight is 228 g/mol. The highest BCUT2D eigenvalue weighted by molar-refractivity contribution is 6.31. The molecule has 0 aromatic heterocycles. The van der Waals surface area contributed by atoms with E-state index < -0.39 is 0 Å². The molecule has 0 fully saturated rings. The van der Waals surface area contributed by atoms with Crippen molar-refractivity contribution in [1.82, 2.24) is 5.32 Å². The fourth-order valence-corrected chi connectivity index (χ4v) is 1.65. The summed E-state index contributed by atoms with van der Waals surface area (Å²) in [5.74, 6) is 0. The molecule has 0 spiro atoms. The Labute approximate surface area is 96.3 Å². The third-order valence-corrected chi connectivity index (χ3v) is 2.64. The molecule has 0 aliphatic carbocycles. The summed E-state index contributed by atoms with van der Waals surface area (Å²) in [6, 6.07) is 7.74. The van der Waals surface area contributed by atoms with Gasteiger partial charge in [-0.25, -0.2) is 0 Å². The van der Waals surface area contributed by atoms with Gasteiger partial charge in [0.05, 0.1) is 6.10 Å². The summed E-state index contributed by atoms with van der Waals surface area (Å²) < 4.78 is 0. The van der Waals surface area contributed by atoms with E-state index in [2.05, 4.69) is 12.2 Å². The summed E-state index contributed by atoms with van der Waals surface area (Å²) in [5.41, 5.74) is 1.07. The van der Waals surface area contributed by atoms with Crippen molar-refractivity contribution in [2.24, 2.45) is 0 Å². The first-order valence-corrected chi connectivity index (χ1v) is 5.74. The predicted octanol–water partition coefficient (Wildman–Crippen LogP) is 2.59. The summed E-state index contributed by atoms with van der Waals surface area (Å²) in [4.78, 5) is 0. The molecule has 1 aromatic rings. The summed E-state index contributed by atoms with van der Waals surface area (Å²) in [7, 11) is 0. The fraction of sp³-hybridized carbons (Fsp3) is 0.500. The van der Waals surface area contributed by atoms with Gasteiger partial charge in [0.2, 0.25) is 0 Å². The van der Waals surface area contributed by atoms with Crippen LogP contribution in [0.2, 0.25) is 5.02 Å². The third kappa shape index (κ3) is 4.65. The van der Waals surface area contributed by atoms with Gasteiger partial charge in [0.15, 0.2) is 0 Å². The number of nitrogens with one attached hydrogen (secondary N) is 1. The first-order valence-electron chi connectivity index (χ1n) is 5.36. The quantitative estimate of drug-likeness (QED) is 0.783. The van der Waals surface area contributed by atoms with E-state index in [-0.39, 0.29) is 6.10 Å². The molecule has 1 atom stereocenters. The standard InChI is InChI=1S/C12H18ClNO/c1-2-5-11(15)9-14-8-10-6-3-4-7-12(10)13/h3-4,6-7,11,14-15H,2,5,8-9H2,1H3. The zero-order valence-electron chi connectivity index (χ0n) is 9.04. The van der Waals surface area contributed by atoms with Crippen molar-refractivity contribution >= 4 is 11.6 Å². The zero-order chi connectivity index (χ0) is 11.1. The maximum Gasteiger partial charge on any atom is 0.0664 e. The molecule has 84 valence electrons. The Morgan fingerprint density at radius 3 is 2.80 bits per heavy atom. The molecule has 0 bridgehead atoms. The van der Waals surface area contributed by atoms with Crippen LogP contribution >= 0.6 is 11.6 Å². The van der Waals surface area contributed by atoms with Crippen LogP contribution in [0.25, 0.3) is 0 Å². The van der Waals surface area contributed by atoms with Gasteiger partial charge in [-0.3, -0.25) is 0 Å². The molecule has 1 aromatic carbocycles. The number of hydrogen-bond donors (Lipinski definition) is 2. The first-order chi connectivity index (χ1) is 7.24. The lowest BCUT2D eigenvalue weighted by atomic mass is 10.2. The highest BCUT2D eigenvalue weighted by atomic mass is 35.5. The normalized spacial score (nSPS) is 12.7. The molecule has 0 radical (unpaired) electrons. The van der Waals surface area contributed by atoms with Crippen molar-refractivity contribution in [3.8, 4) is 0 Å². The lowest BCUT2D eigenvalue weighted by molar-refractivity contribution is 0.160. The van der Waals surface area contributed by atoms with Crippen molar-refractivity contribution in [3.05, 3.63) is 34.9 Å². The van der Waals surface area contributed by atoms with Gasteiger partial charge in [-0.1, -0.05) is 43.1 Å². The zero-order valence-corrected chi connectivity index (χ0v) is 9.80. The van der Waals surface area contributed by atoms with Crippen LogP contribution in [0, 0.1) is 0 Å². The highest BCUT2D eigenvalue weighted by Gasteiger charge is 2.02. The number of rotatable bonds is 6. The van der Waals surface area contributed by atoms with Crippen molar-refractivity contribution in [2.45, 2.75) is 32.4 Å². The van der Waals surface area contributed by atoms with Gasteiger partial charge in [0.1, 0.15) is 0 Å². The minimum atomic E-state index is -0.252. The van der Waals surface area contributed by atoms with Crippen LogP contribution < -0.4 is 5.32 Å². The van der Waals surface area contributed by atoms with Gasteiger partial charge in [-0.05, 0) is 18.1 Å². The summed E-state index contributed by atoms with van der Waals surface area (Å²) in [6.07, 6.45) is 1.60. The second kappa shape index (κ2) is 6.83. The van der Waals surface area contributed by atoms with Crippen LogP contribution in [0.1, 0.15) is 25.3 Å². The Bertz CT molecular complexity index is 291. The number of aliphatic hydroxyl groups excluding tert-OH is 1.